The Balaban J connectivity index is 0.00000561. The van der Waals surface area contributed by atoms with Crippen LogP contribution in [-0.4, -0.2) is 65.9 Å². The first-order valence-corrected chi connectivity index (χ1v) is 20.8. The van der Waals surface area contributed by atoms with Gasteiger partial charge in [-0.1, -0.05) is 72.1 Å². The van der Waals surface area contributed by atoms with Gasteiger partial charge in [0.05, 0.1) is 14.2 Å². The second-order valence-corrected chi connectivity index (χ2v) is 18.5. The van der Waals surface area contributed by atoms with E-state index in [0.29, 0.717) is 28.2 Å². The molecule has 0 saturated heterocycles. The molecule has 0 bridgehead atoms. The third-order valence-electron chi connectivity index (χ3n) is 15.4. The zero-order chi connectivity index (χ0) is 38.1. The van der Waals surface area contributed by atoms with Crippen LogP contribution in [0, 0.1) is 58.2 Å². The molecule has 9 atom stereocenters. The molecule has 0 spiro atoms. The summed E-state index contributed by atoms with van der Waals surface area (Å²) in [6.07, 6.45) is 20.7. The molecule has 291 valence electrons. The van der Waals surface area contributed by atoms with Crippen LogP contribution in [0.15, 0.2) is 42.5 Å². The summed E-state index contributed by atoms with van der Waals surface area (Å²) in [4.78, 5) is 24.3. The summed E-state index contributed by atoms with van der Waals surface area (Å²) in [5.74, 6) is 5.18. The maximum atomic E-state index is 12.1. The van der Waals surface area contributed by atoms with Gasteiger partial charge < -0.3 is 19.7 Å². The zero-order valence-corrected chi connectivity index (χ0v) is 36.6. The number of carboxylic acid groups (broad SMARTS) is 2. The Kier molecular flexibility index (Phi) is 14.2. The summed E-state index contributed by atoms with van der Waals surface area (Å²) >= 11 is 0. The molecule has 0 aliphatic heterocycles. The average Bonchev–Trinajstić information content (AvgIpc) is 3.50. The molecule has 2 aromatic rings. The van der Waals surface area contributed by atoms with Crippen molar-refractivity contribution in [1.82, 2.24) is 0 Å². The third-order valence-corrected chi connectivity index (χ3v) is 15.4. The summed E-state index contributed by atoms with van der Waals surface area (Å²) in [5, 5.41) is 19.9. The van der Waals surface area contributed by atoms with Crippen molar-refractivity contribution in [2.45, 2.75) is 125 Å². The minimum atomic E-state index is -1.06. The molecule has 4 saturated carbocycles. The van der Waals surface area contributed by atoms with E-state index in [0.717, 1.165) is 71.0 Å². The Morgan fingerprint density at radius 3 is 1.96 bits per heavy atom. The van der Waals surface area contributed by atoms with Gasteiger partial charge in [0.15, 0.2) is 0 Å². The first-order valence-electron chi connectivity index (χ1n) is 20.8. The van der Waals surface area contributed by atoms with Crippen LogP contribution in [0.5, 0.6) is 11.5 Å². The molecule has 6 rings (SSSR count). The fourth-order valence-corrected chi connectivity index (χ4v) is 12.6. The normalized spacial score (nSPS) is 30.6. The van der Waals surface area contributed by atoms with Gasteiger partial charge >= 0.3 is 11.9 Å². The molecule has 6 nitrogen and oxygen atoms in total. The van der Waals surface area contributed by atoms with Gasteiger partial charge in [-0.3, -0.25) is 0 Å². The fraction of sp³-hybridized carbons (Fsp3) is 0.660. The van der Waals surface area contributed by atoms with Crippen molar-refractivity contribution in [1.29, 1.82) is 0 Å². The van der Waals surface area contributed by atoms with Gasteiger partial charge in [-0.25, -0.2) is 9.59 Å². The van der Waals surface area contributed by atoms with Crippen molar-refractivity contribution in [3.63, 3.8) is 0 Å². The van der Waals surface area contributed by atoms with Gasteiger partial charge in [0.25, 0.3) is 0 Å². The number of allylic oxidation sites excluding steroid dienone is 1. The Morgan fingerprint density at radius 1 is 0.796 bits per heavy atom. The maximum absolute atomic E-state index is 12.1. The molecule has 4 fully saturated rings. The minimum absolute atomic E-state index is 0. The molecule has 2 aromatic carbocycles. The first-order chi connectivity index (χ1) is 25.3. The number of benzene rings is 2. The number of carboxylic acids is 2. The number of aromatic carboxylic acids is 2. The van der Waals surface area contributed by atoms with Crippen LogP contribution in [0.3, 0.4) is 0 Å². The molecule has 0 heterocycles. The predicted molar refractivity (Wildman–Crippen MR) is 219 cm³/mol. The SMILES string of the molecule is COc1ccc(C(=CCC[C@H]2CC[C@@]3(C)[C@@H](CC[C@@H]4[C@@H]3CC[C@]3(C)[C@@H](C(C)CCCC(C)C)CC[C@@H]43)C2)c2ccc(OC)c(C(=O)O)c2)cc1C(=O)O.[Na]. The molecule has 54 heavy (non-hydrogen) atoms. The van der Waals surface area contributed by atoms with Crippen LogP contribution < -0.4 is 9.47 Å². The quantitative estimate of drug-likeness (QED) is 0.187. The van der Waals surface area contributed by atoms with E-state index in [1.165, 1.54) is 91.3 Å². The van der Waals surface area contributed by atoms with Gasteiger partial charge in [0, 0.05) is 29.6 Å². The molecule has 1 radical (unpaired) electrons. The molecule has 2 N–H and O–H groups in total. The van der Waals surface area contributed by atoms with Gasteiger partial charge in [-0.2, -0.15) is 0 Å². The van der Waals surface area contributed by atoms with E-state index in [1.54, 1.807) is 24.3 Å². The van der Waals surface area contributed by atoms with Crippen LogP contribution in [0.25, 0.3) is 5.57 Å². The van der Waals surface area contributed by atoms with Gasteiger partial charge in [-0.15, -0.1) is 0 Å². The third kappa shape index (κ3) is 8.52. The van der Waals surface area contributed by atoms with Crippen molar-refractivity contribution in [2.75, 3.05) is 14.2 Å². The van der Waals surface area contributed by atoms with Crippen molar-refractivity contribution < 1.29 is 29.3 Å². The summed E-state index contributed by atoms with van der Waals surface area (Å²) in [6.45, 7) is 12.7. The van der Waals surface area contributed by atoms with Crippen molar-refractivity contribution in [3.8, 4) is 11.5 Å². The second kappa shape index (κ2) is 17.9. The van der Waals surface area contributed by atoms with E-state index in [2.05, 4.69) is 40.7 Å². The summed E-state index contributed by atoms with van der Waals surface area (Å²) in [6, 6.07) is 10.4. The number of fused-ring (bicyclic) bond motifs is 5. The molecule has 4 aliphatic rings. The van der Waals surface area contributed by atoms with Crippen LogP contribution >= 0.6 is 0 Å². The van der Waals surface area contributed by atoms with E-state index >= 15 is 0 Å². The van der Waals surface area contributed by atoms with Crippen LogP contribution in [0.1, 0.15) is 156 Å². The zero-order valence-electron chi connectivity index (χ0n) is 34.6. The van der Waals surface area contributed by atoms with E-state index in [4.69, 9.17) is 9.47 Å². The summed E-state index contributed by atoms with van der Waals surface area (Å²) < 4.78 is 10.7. The van der Waals surface area contributed by atoms with Crippen LogP contribution in [-0.2, 0) is 0 Å². The van der Waals surface area contributed by atoms with Crippen molar-refractivity contribution in [3.05, 3.63) is 64.7 Å². The Hall–Kier alpha value is -2.28. The Morgan fingerprint density at radius 2 is 1.39 bits per heavy atom. The molecule has 7 heteroatoms. The molecule has 1 unspecified atom stereocenters. The number of hydrogen-bond acceptors (Lipinski definition) is 4. The summed E-state index contributed by atoms with van der Waals surface area (Å²) in [5.41, 5.74) is 3.43. The summed E-state index contributed by atoms with van der Waals surface area (Å²) in [7, 11) is 2.93. The molecular weight excluding hydrogens is 684 g/mol. The molecule has 4 aliphatic carbocycles. The monoisotopic (exact) mass is 749 g/mol. The number of hydrogen-bond donors (Lipinski definition) is 2. The number of ether oxygens (including phenoxy) is 2. The van der Waals surface area contributed by atoms with Crippen molar-refractivity contribution >= 4 is 47.1 Å². The number of methoxy groups -OCH3 is 2. The van der Waals surface area contributed by atoms with Gasteiger partial charge in [0.2, 0.25) is 0 Å². The van der Waals surface area contributed by atoms with E-state index < -0.39 is 11.9 Å². The second-order valence-electron chi connectivity index (χ2n) is 18.5. The average molecular weight is 750 g/mol. The van der Waals surface area contributed by atoms with Crippen LogP contribution in [0.2, 0.25) is 0 Å². The van der Waals surface area contributed by atoms with E-state index in [9.17, 15) is 19.8 Å². The standard InChI is InChI=1S/C47H66O6.Na/c1-29(2)10-8-11-30(3)39-18-19-40-36-17-16-34-26-31(22-24-46(34,4)41(36)23-25-47(39,40)5)12-9-13-35(32-14-20-42(52-6)37(27-32)44(48)49)33-15-21-43(53-7)38(28-33)45(50)51;/h13-15,20-21,27-31,34,36,39-41H,8-12,16-19,22-26H2,1-7H3,(H,48,49)(H,50,51);/t30?,31-,34-,36-,39+,40-,41-,46-,47+;/m0./s1. The Labute approximate surface area is 347 Å². The minimum Gasteiger partial charge on any atom is -0.496 e. The first kappa shape index (κ1) is 42.9. The maximum Gasteiger partial charge on any atom is 0.339 e. The largest absolute Gasteiger partial charge is 0.496 e. The fourth-order valence-electron chi connectivity index (χ4n) is 12.6. The van der Waals surface area contributed by atoms with E-state index in [1.807, 2.05) is 12.1 Å². The van der Waals surface area contributed by atoms with Crippen molar-refractivity contribution in [2.24, 2.45) is 58.2 Å². The molecule has 0 amide bonds. The van der Waals surface area contributed by atoms with Crippen LogP contribution in [0.4, 0.5) is 0 Å². The van der Waals surface area contributed by atoms with Gasteiger partial charge in [-0.05, 0) is 170 Å². The molecule has 0 aromatic heterocycles. The smallest absolute Gasteiger partial charge is 0.339 e. The number of carbonyl (C=O) groups is 2. The van der Waals surface area contributed by atoms with Gasteiger partial charge in [0.1, 0.15) is 22.6 Å². The van der Waals surface area contributed by atoms with E-state index in [-0.39, 0.29) is 40.7 Å². The molecular formula is C47H66NaO6. The number of rotatable bonds is 14. The topological polar surface area (TPSA) is 93.1 Å². The Bertz CT molecular complexity index is 1600. The predicted octanol–water partition coefficient (Wildman–Crippen LogP) is 11.7.